The van der Waals surface area contributed by atoms with Gasteiger partial charge in [0.05, 0.1) is 5.92 Å². The van der Waals surface area contributed by atoms with Crippen molar-refractivity contribution in [3.63, 3.8) is 0 Å². The lowest BCUT2D eigenvalue weighted by molar-refractivity contribution is -0.141. The monoisotopic (exact) mass is 253 g/mol. The van der Waals surface area contributed by atoms with Crippen LogP contribution in [0.1, 0.15) is 42.9 Å². The Kier molecular flexibility index (Phi) is 4.47. The fourth-order valence-corrected chi connectivity index (χ4v) is 1.51. The summed E-state index contributed by atoms with van der Waals surface area (Å²) in [5.74, 6) is -1.52. The molecule has 0 aliphatic heterocycles. The minimum Gasteiger partial charge on any atom is -0.481 e. The van der Waals surface area contributed by atoms with Crippen molar-refractivity contribution in [2.24, 2.45) is 5.92 Å². The van der Waals surface area contributed by atoms with Gasteiger partial charge in [-0.05, 0) is 12.0 Å². The summed E-state index contributed by atoms with van der Waals surface area (Å²) in [6.45, 7) is 5.73. The van der Waals surface area contributed by atoms with E-state index in [2.05, 4.69) is 10.2 Å². The quantitative estimate of drug-likeness (QED) is 0.828. The molecule has 6 nitrogen and oxygen atoms in total. The largest absolute Gasteiger partial charge is 0.481 e. The van der Waals surface area contributed by atoms with Gasteiger partial charge in [0.25, 0.3) is 5.91 Å². The minimum absolute atomic E-state index is 0.165. The number of nitrogens with zero attached hydrogens (tertiary/aromatic N) is 2. The molecule has 1 heterocycles. The van der Waals surface area contributed by atoms with Gasteiger partial charge in [-0.15, -0.1) is 0 Å². The molecule has 2 N–H and O–H groups in total. The predicted molar refractivity (Wildman–Crippen MR) is 66.4 cm³/mol. The number of hydrogen-bond acceptors (Lipinski definition) is 3. The van der Waals surface area contributed by atoms with E-state index in [0.717, 1.165) is 5.69 Å². The lowest BCUT2D eigenvalue weighted by Crippen LogP contribution is -2.33. The Bertz CT molecular complexity index is 440. The molecule has 0 saturated carbocycles. The average molecular weight is 253 g/mol. The number of nitrogens with one attached hydrogen (secondary N) is 1. The van der Waals surface area contributed by atoms with Crippen LogP contribution in [0.4, 0.5) is 0 Å². The van der Waals surface area contributed by atoms with Crippen LogP contribution in [0.25, 0.3) is 0 Å². The molecule has 0 saturated heterocycles. The second-order valence-corrected chi connectivity index (χ2v) is 4.79. The van der Waals surface area contributed by atoms with E-state index in [1.807, 2.05) is 13.8 Å². The summed E-state index contributed by atoms with van der Waals surface area (Å²) in [5.41, 5.74) is 1.21. The van der Waals surface area contributed by atoms with Crippen molar-refractivity contribution in [2.45, 2.75) is 26.7 Å². The van der Waals surface area contributed by atoms with Crippen molar-refractivity contribution in [1.82, 2.24) is 15.1 Å². The Morgan fingerprint density at radius 3 is 2.50 bits per heavy atom. The van der Waals surface area contributed by atoms with Crippen LogP contribution in [0.3, 0.4) is 0 Å². The van der Waals surface area contributed by atoms with Gasteiger partial charge >= 0.3 is 5.97 Å². The fraction of sp³-hybridized carbons (Fsp3) is 0.583. The molecule has 0 radical (unpaired) electrons. The van der Waals surface area contributed by atoms with E-state index in [1.54, 1.807) is 20.0 Å². The van der Waals surface area contributed by atoms with Gasteiger partial charge < -0.3 is 10.0 Å². The second-order valence-electron chi connectivity index (χ2n) is 4.79. The molecule has 0 spiro atoms. The van der Waals surface area contributed by atoms with Crippen LogP contribution in [-0.2, 0) is 4.79 Å². The number of aromatic amines is 1. The molecule has 100 valence electrons. The van der Waals surface area contributed by atoms with Gasteiger partial charge in [0.2, 0.25) is 0 Å². The van der Waals surface area contributed by atoms with Crippen molar-refractivity contribution in [3.05, 3.63) is 17.5 Å². The summed E-state index contributed by atoms with van der Waals surface area (Å²) < 4.78 is 0. The molecule has 0 bridgehead atoms. The predicted octanol–water partition coefficient (Wildman–Crippen LogP) is 1.33. The Labute approximate surface area is 106 Å². The molecule has 1 amide bonds. The minimum atomic E-state index is -0.917. The third-order valence-corrected chi connectivity index (χ3v) is 2.75. The highest BCUT2D eigenvalue weighted by atomic mass is 16.4. The summed E-state index contributed by atoms with van der Waals surface area (Å²) in [7, 11) is 1.57. The SMILES string of the molecule is CC(CN(C)C(=O)c1cc(C(C)C)[nH]n1)C(=O)O. The van der Waals surface area contributed by atoms with Crippen molar-refractivity contribution in [3.8, 4) is 0 Å². The van der Waals surface area contributed by atoms with Gasteiger partial charge in [0, 0.05) is 19.3 Å². The lowest BCUT2D eigenvalue weighted by Gasteiger charge is -2.18. The summed E-state index contributed by atoms with van der Waals surface area (Å²) >= 11 is 0. The summed E-state index contributed by atoms with van der Waals surface area (Å²) in [6.07, 6.45) is 0. The third-order valence-electron chi connectivity index (χ3n) is 2.75. The molecule has 1 aromatic rings. The van der Waals surface area contributed by atoms with Crippen LogP contribution in [0.15, 0.2) is 6.07 Å². The number of carboxylic acids is 1. The van der Waals surface area contributed by atoms with Gasteiger partial charge in [0.15, 0.2) is 0 Å². The van der Waals surface area contributed by atoms with E-state index in [-0.39, 0.29) is 18.4 Å². The topological polar surface area (TPSA) is 86.3 Å². The van der Waals surface area contributed by atoms with Crippen molar-refractivity contribution >= 4 is 11.9 Å². The zero-order valence-corrected chi connectivity index (χ0v) is 11.1. The molecule has 0 fully saturated rings. The van der Waals surface area contributed by atoms with Crippen molar-refractivity contribution in [1.29, 1.82) is 0 Å². The number of carbonyl (C=O) groups excluding carboxylic acids is 1. The standard InChI is InChI=1S/C12H19N3O3/c1-7(2)9-5-10(14-13-9)11(16)15(4)6-8(3)12(17)18/h5,7-8H,6H2,1-4H3,(H,13,14)(H,17,18). The highest BCUT2D eigenvalue weighted by Crippen LogP contribution is 2.13. The second kappa shape index (κ2) is 5.66. The first kappa shape index (κ1) is 14.2. The normalized spacial score (nSPS) is 12.5. The maximum atomic E-state index is 12.0. The van der Waals surface area contributed by atoms with E-state index in [4.69, 9.17) is 5.11 Å². The van der Waals surface area contributed by atoms with Crippen LogP contribution >= 0.6 is 0 Å². The first-order valence-corrected chi connectivity index (χ1v) is 5.86. The van der Waals surface area contributed by atoms with Crippen LogP contribution in [0, 0.1) is 5.92 Å². The molecule has 1 atom stereocenters. The Balaban J connectivity index is 2.71. The summed E-state index contributed by atoms with van der Waals surface area (Å²) in [4.78, 5) is 24.1. The first-order chi connectivity index (χ1) is 8.32. The number of aliphatic carboxylic acids is 1. The average Bonchev–Trinajstić information content (AvgIpc) is 2.76. The third kappa shape index (κ3) is 3.32. The van der Waals surface area contributed by atoms with Gasteiger partial charge in [-0.1, -0.05) is 20.8 Å². The zero-order chi connectivity index (χ0) is 13.9. The van der Waals surface area contributed by atoms with E-state index in [0.29, 0.717) is 5.69 Å². The van der Waals surface area contributed by atoms with Crippen molar-refractivity contribution < 1.29 is 14.7 Å². The first-order valence-electron chi connectivity index (χ1n) is 5.86. The smallest absolute Gasteiger partial charge is 0.308 e. The molecule has 1 rings (SSSR count). The highest BCUT2D eigenvalue weighted by Gasteiger charge is 2.20. The number of carbonyl (C=O) groups is 2. The molecule has 1 aromatic heterocycles. The number of hydrogen-bond donors (Lipinski definition) is 2. The number of aromatic nitrogens is 2. The fourth-order valence-electron chi connectivity index (χ4n) is 1.51. The molecular weight excluding hydrogens is 234 g/mol. The Morgan fingerprint density at radius 2 is 2.06 bits per heavy atom. The van der Waals surface area contributed by atoms with E-state index < -0.39 is 11.9 Å². The highest BCUT2D eigenvalue weighted by molar-refractivity contribution is 5.92. The van der Waals surface area contributed by atoms with E-state index in [9.17, 15) is 9.59 Å². The molecule has 0 aromatic carbocycles. The molecule has 0 aliphatic rings. The van der Waals surface area contributed by atoms with Crippen molar-refractivity contribution in [2.75, 3.05) is 13.6 Å². The van der Waals surface area contributed by atoms with E-state index >= 15 is 0 Å². The summed E-state index contributed by atoms with van der Waals surface area (Å²) in [6, 6.07) is 1.70. The Morgan fingerprint density at radius 1 is 1.44 bits per heavy atom. The molecule has 18 heavy (non-hydrogen) atoms. The number of H-pyrrole nitrogens is 1. The Hall–Kier alpha value is -1.85. The van der Waals surface area contributed by atoms with Crippen LogP contribution in [0.2, 0.25) is 0 Å². The number of rotatable bonds is 5. The number of amides is 1. The van der Waals surface area contributed by atoms with Gasteiger partial charge in [-0.3, -0.25) is 14.7 Å². The van der Waals surface area contributed by atoms with Gasteiger partial charge in [-0.25, -0.2) is 0 Å². The van der Waals surface area contributed by atoms with Crippen LogP contribution in [-0.4, -0.2) is 45.7 Å². The van der Waals surface area contributed by atoms with Gasteiger partial charge in [0.1, 0.15) is 5.69 Å². The van der Waals surface area contributed by atoms with Crippen LogP contribution < -0.4 is 0 Å². The maximum absolute atomic E-state index is 12.0. The van der Waals surface area contributed by atoms with E-state index in [1.165, 1.54) is 4.90 Å². The lowest BCUT2D eigenvalue weighted by atomic mass is 10.1. The molecular formula is C12H19N3O3. The molecule has 6 heteroatoms. The summed E-state index contributed by atoms with van der Waals surface area (Å²) in [5, 5.41) is 15.6. The maximum Gasteiger partial charge on any atom is 0.308 e. The molecule has 1 unspecified atom stereocenters. The van der Waals surface area contributed by atoms with Gasteiger partial charge in [-0.2, -0.15) is 5.10 Å². The molecule has 0 aliphatic carbocycles. The number of carboxylic acid groups (broad SMARTS) is 1. The zero-order valence-electron chi connectivity index (χ0n) is 11.1. The van der Waals surface area contributed by atoms with Crippen LogP contribution in [0.5, 0.6) is 0 Å².